The van der Waals surface area contributed by atoms with Gasteiger partial charge in [-0.2, -0.15) is 0 Å². The van der Waals surface area contributed by atoms with Crippen LogP contribution in [0.5, 0.6) is 0 Å². The van der Waals surface area contributed by atoms with E-state index in [9.17, 15) is 0 Å². The van der Waals surface area contributed by atoms with Gasteiger partial charge in [0.2, 0.25) is 0 Å². The molecule has 0 fully saturated rings. The lowest BCUT2D eigenvalue weighted by atomic mass is 10.2. The molecule has 2 aromatic carbocycles. The van der Waals surface area contributed by atoms with Gasteiger partial charge >= 0.3 is 0 Å². The fraction of sp³-hybridized carbons (Fsp3) is 0.0526. The fourth-order valence-corrected chi connectivity index (χ4v) is 3.21. The summed E-state index contributed by atoms with van der Waals surface area (Å²) in [6, 6.07) is 19.2. The lowest BCUT2D eigenvalue weighted by Gasteiger charge is -2.04. The summed E-state index contributed by atoms with van der Waals surface area (Å²) >= 11 is 13.5. The van der Waals surface area contributed by atoms with E-state index in [1.165, 1.54) is 0 Å². The highest BCUT2D eigenvalue weighted by atomic mass is 35.5. The SMILES string of the molecule is Clc1ccc(CO/N=C/c2cccnc2Sc2ccccc2)cc1Cl. The van der Waals surface area contributed by atoms with E-state index in [0.29, 0.717) is 16.7 Å². The molecule has 0 aliphatic carbocycles. The van der Waals surface area contributed by atoms with Crippen LogP contribution in [0.15, 0.2) is 81.9 Å². The Balaban J connectivity index is 1.64. The number of hydrogen-bond donors (Lipinski definition) is 0. The molecule has 0 unspecified atom stereocenters. The van der Waals surface area contributed by atoms with E-state index in [1.54, 1.807) is 36.3 Å². The zero-order valence-corrected chi connectivity index (χ0v) is 15.4. The van der Waals surface area contributed by atoms with Gasteiger partial charge in [-0.25, -0.2) is 4.98 Å². The van der Waals surface area contributed by atoms with Crippen LogP contribution in [-0.4, -0.2) is 11.2 Å². The van der Waals surface area contributed by atoms with Gasteiger partial charge in [0.25, 0.3) is 0 Å². The lowest BCUT2D eigenvalue weighted by molar-refractivity contribution is 0.132. The highest BCUT2D eigenvalue weighted by Gasteiger charge is 2.04. The average molecular weight is 389 g/mol. The Morgan fingerprint density at radius 1 is 1.00 bits per heavy atom. The molecule has 1 aromatic heterocycles. The molecule has 3 rings (SSSR count). The van der Waals surface area contributed by atoms with E-state index >= 15 is 0 Å². The maximum absolute atomic E-state index is 5.98. The lowest BCUT2D eigenvalue weighted by Crippen LogP contribution is -1.92. The normalized spacial score (nSPS) is 11.0. The molecular formula is C19H14Cl2N2OS. The molecule has 126 valence electrons. The smallest absolute Gasteiger partial charge is 0.142 e. The third-order valence-electron chi connectivity index (χ3n) is 3.24. The topological polar surface area (TPSA) is 34.5 Å². The average Bonchev–Trinajstić information content (AvgIpc) is 2.64. The number of halogens is 2. The van der Waals surface area contributed by atoms with Crippen molar-refractivity contribution in [2.45, 2.75) is 16.5 Å². The van der Waals surface area contributed by atoms with Gasteiger partial charge in [0.05, 0.1) is 16.3 Å². The van der Waals surface area contributed by atoms with Crippen LogP contribution < -0.4 is 0 Å². The predicted molar refractivity (Wildman–Crippen MR) is 104 cm³/mol. The van der Waals surface area contributed by atoms with Crippen LogP contribution in [-0.2, 0) is 11.4 Å². The van der Waals surface area contributed by atoms with Gasteiger partial charge in [0, 0.05) is 16.7 Å². The molecule has 0 N–H and O–H groups in total. The van der Waals surface area contributed by atoms with Gasteiger partial charge in [0.15, 0.2) is 0 Å². The van der Waals surface area contributed by atoms with E-state index in [4.69, 9.17) is 28.0 Å². The Hall–Kier alpha value is -2.01. The van der Waals surface area contributed by atoms with Crippen molar-refractivity contribution in [2.24, 2.45) is 5.16 Å². The van der Waals surface area contributed by atoms with Crippen LogP contribution in [0.1, 0.15) is 11.1 Å². The number of benzene rings is 2. The largest absolute Gasteiger partial charge is 0.391 e. The minimum Gasteiger partial charge on any atom is -0.391 e. The Bertz CT molecular complexity index is 872. The van der Waals surface area contributed by atoms with E-state index in [-0.39, 0.29) is 0 Å². The number of pyridine rings is 1. The van der Waals surface area contributed by atoms with E-state index in [2.05, 4.69) is 10.1 Å². The van der Waals surface area contributed by atoms with Crippen molar-refractivity contribution in [3.63, 3.8) is 0 Å². The molecule has 0 aliphatic heterocycles. The quantitative estimate of drug-likeness (QED) is 0.378. The van der Waals surface area contributed by atoms with Crippen molar-refractivity contribution in [1.82, 2.24) is 4.98 Å². The van der Waals surface area contributed by atoms with Gasteiger partial charge < -0.3 is 4.84 Å². The van der Waals surface area contributed by atoms with Crippen molar-refractivity contribution >= 4 is 41.2 Å². The van der Waals surface area contributed by atoms with Gasteiger partial charge in [0.1, 0.15) is 11.6 Å². The molecule has 0 radical (unpaired) electrons. The summed E-state index contributed by atoms with van der Waals surface area (Å²) in [6.07, 6.45) is 3.43. The molecule has 0 spiro atoms. The molecule has 0 aliphatic rings. The summed E-state index contributed by atoms with van der Waals surface area (Å²) in [7, 11) is 0. The number of oxime groups is 1. The number of hydrogen-bond acceptors (Lipinski definition) is 4. The molecule has 3 nitrogen and oxygen atoms in total. The van der Waals surface area contributed by atoms with E-state index in [1.807, 2.05) is 48.5 Å². The molecule has 25 heavy (non-hydrogen) atoms. The highest BCUT2D eigenvalue weighted by molar-refractivity contribution is 7.99. The Morgan fingerprint density at radius 2 is 1.84 bits per heavy atom. The van der Waals surface area contributed by atoms with Crippen LogP contribution in [0.4, 0.5) is 0 Å². The van der Waals surface area contributed by atoms with Gasteiger partial charge in [-0.15, -0.1) is 0 Å². The van der Waals surface area contributed by atoms with Crippen LogP contribution in [0.3, 0.4) is 0 Å². The summed E-state index contributed by atoms with van der Waals surface area (Å²) in [5.41, 5.74) is 1.79. The molecular weight excluding hydrogens is 375 g/mol. The molecule has 0 saturated heterocycles. The van der Waals surface area contributed by atoms with Gasteiger partial charge in [-0.1, -0.05) is 64.4 Å². The summed E-state index contributed by atoms with van der Waals surface area (Å²) in [5, 5.41) is 5.93. The highest BCUT2D eigenvalue weighted by Crippen LogP contribution is 2.27. The molecule has 0 bridgehead atoms. The van der Waals surface area contributed by atoms with Crippen LogP contribution in [0.25, 0.3) is 0 Å². The first-order chi connectivity index (χ1) is 12.2. The number of aromatic nitrogens is 1. The van der Waals surface area contributed by atoms with Crippen molar-refractivity contribution < 1.29 is 4.84 Å². The maximum atomic E-state index is 5.98. The zero-order valence-electron chi connectivity index (χ0n) is 13.1. The van der Waals surface area contributed by atoms with E-state index in [0.717, 1.165) is 21.0 Å². The van der Waals surface area contributed by atoms with Crippen molar-refractivity contribution in [1.29, 1.82) is 0 Å². The van der Waals surface area contributed by atoms with Crippen LogP contribution in [0, 0.1) is 0 Å². The fourth-order valence-electron chi connectivity index (χ4n) is 2.02. The standard InChI is InChI=1S/C19H14Cl2N2OS/c20-17-9-8-14(11-18(17)21)13-24-23-12-15-5-4-10-22-19(15)25-16-6-2-1-3-7-16/h1-12H,13H2/b23-12+. The number of rotatable bonds is 6. The molecule has 0 saturated carbocycles. The van der Waals surface area contributed by atoms with Gasteiger partial charge in [-0.3, -0.25) is 0 Å². The molecule has 0 atom stereocenters. The zero-order chi connectivity index (χ0) is 17.5. The Kier molecular flexibility index (Phi) is 6.34. The first-order valence-electron chi connectivity index (χ1n) is 7.49. The first-order valence-corrected chi connectivity index (χ1v) is 9.07. The minimum absolute atomic E-state index is 0.314. The second-order valence-electron chi connectivity index (χ2n) is 5.07. The summed E-state index contributed by atoms with van der Waals surface area (Å²) < 4.78 is 0. The molecule has 6 heteroatoms. The third kappa shape index (κ3) is 5.23. The molecule has 3 aromatic rings. The maximum Gasteiger partial charge on any atom is 0.142 e. The van der Waals surface area contributed by atoms with Crippen LogP contribution >= 0.6 is 35.0 Å². The van der Waals surface area contributed by atoms with Crippen molar-refractivity contribution in [3.8, 4) is 0 Å². The summed E-state index contributed by atoms with van der Waals surface area (Å²) in [4.78, 5) is 10.9. The van der Waals surface area contributed by atoms with Crippen molar-refractivity contribution in [3.05, 3.63) is 88.0 Å². The molecule has 1 heterocycles. The predicted octanol–water partition coefficient (Wildman–Crippen LogP) is 6.09. The summed E-state index contributed by atoms with van der Waals surface area (Å²) in [5.74, 6) is 0. The second-order valence-corrected chi connectivity index (χ2v) is 6.95. The first kappa shape index (κ1) is 17.8. The van der Waals surface area contributed by atoms with Crippen molar-refractivity contribution in [2.75, 3.05) is 0 Å². The Morgan fingerprint density at radius 3 is 2.64 bits per heavy atom. The molecule has 0 amide bonds. The monoisotopic (exact) mass is 388 g/mol. The summed E-state index contributed by atoms with van der Waals surface area (Å²) in [6.45, 7) is 0.314. The minimum atomic E-state index is 0.314. The Labute approximate surface area is 160 Å². The third-order valence-corrected chi connectivity index (χ3v) is 5.02. The second kappa shape index (κ2) is 8.90. The number of nitrogens with zero attached hydrogens (tertiary/aromatic N) is 2. The van der Waals surface area contributed by atoms with Gasteiger partial charge in [-0.05, 0) is 42.0 Å². The van der Waals surface area contributed by atoms with E-state index < -0.39 is 0 Å². The van der Waals surface area contributed by atoms with Crippen LogP contribution in [0.2, 0.25) is 10.0 Å².